The Morgan fingerprint density at radius 3 is 2.50 bits per heavy atom. The highest BCUT2D eigenvalue weighted by Crippen LogP contribution is 2.31. The van der Waals surface area contributed by atoms with Crippen molar-refractivity contribution in [3.05, 3.63) is 53.5 Å². The van der Waals surface area contributed by atoms with Gasteiger partial charge in [-0.25, -0.2) is 5.10 Å². The van der Waals surface area contributed by atoms with E-state index in [1.165, 1.54) is 12.3 Å². The molecule has 3 aromatic rings. The number of halogens is 3. The average molecular weight is 357 g/mol. The summed E-state index contributed by atoms with van der Waals surface area (Å²) in [5.74, 6) is 0. The lowest BCUT2D eigenvalue weighted by molar-refractivity contribution is -0.141. The number of aromatic amines is 1. The van der Waals surface area contributed by atoms with Gasteiger partial charge >= 0.3 is 6.18 Å². The summed E-state index contributed by atoms with van der Waals surface area (Å²) in [6, 6.07) is 9.91. The number of alkyl halides is 3. The van der Waals surface area contributed by atoms with E-state index in [-0.39, 0.29) is 5.69 Å². The zero-order valence-electron chi connectivity index (χ0n) is 13.8. The SMILES string of the molecule is CCCc1cc(-c2ccc(C(F)(F)F)nc2)cc(-c2nn[nH]c2C#N)c1. The molecule has 132 valence electrons. The average Bonchev–Trinajstić information content (AvgIpc) is 3.10. The van der Waals surface area contributed by atoms with Gasteiger partial charge < -0.3 is 0 Å². The van der Waals surface area contributed by atoms with Gasteiger partial charge in [-0.2, -0.15) is 18.4 Å². The fourth-order valence-electron chi connectivity index (χ4n) is 2.67. The van der Waals surface area contributed by atoms with E-state index in [0.29, 0.717) is 22.4 Å². The Kier molecular flexibility index (Phi) is 4.71. The van der Waals surface area contributed by atoms with E-state index >= 15 is 0 Å². The largest absolute Gasteiger partial charge is 0.433 e. The van der Waals surface area contributed by atoms with E-state index in [0.717, 1.165) is 24.5 Å². The molecule has 26 heavy (non-hydrogen) atoms. The van der Waals surface area contributed by atoms with Crippen molar-refractivity contribution in [2.75, 3.05) is 0 Å². The number of nitrogens with one attached hydrogen (secondary N) is 1. The summed E-state index contributed by atoms with van der Waals surface area (Å²) in [4.78, 5) is 3.52. The molecule has 2 aromatic heterocycles. The summed E-state index contributed by atoms with van der Waals surface area (Å²) in [6.07, 6.45) is -1.59. The highest BCUT2D eigenvalue weighted by molar-refractivity contribution is 5.74. The van der Waals surface area contributed by atoms with Crippen LogP contribution in [0.5, 0.6) is 0 Å². The molecule has 0 spiro atoms. The molecule has 1 N–H and O–H groups in total. The molecule has 0 bridgehead atoms. The van der Waals surface area contributed by atoms with E-state index in [1.807, 2.05) is 25.1 Å². The maximum absolute atomic E-state index is 12.7. The van der Waals surface area contributed by atoms with Crippen LogP contribution in [-0.2, 0) is 12.6 Å². The maximum atomic E-state index is 12.7. The van der Waals surface area contributed by atoms with E-state index < -0.39 is 11.9 Å². The highest BCUT2D eigenvalue weighted by Gasteiger charge is 2.32. The highest BCUT2D eigenvalue weighted by atomic mass is 19.4. The monoisotopic (exact) mass is 357 g/mol. The molecular formula is C18H14F3N5. The van der Waals surface area contributed by atoms with Crippen molar-refractivity contribution in [3.63, 3.8) is 0 Å². The van der Waals surface area contributed by atoms with Crippen LogP contribution >= 0.6 is 0 Å². The molecule has 0 amide bonds. The van der Waals surface area contributed by atoms with Gasteiger partial charge in [-0.15, -0.1) is 5.10 Å². The number of benzene rings is 1. The summed E-state index contributed by atoms with van der Waals surface area (Å²) in [6.45, 7) is 2.03. The second kappa shape index (κ2) is 6.96. The number of H-pyrrole nitrogens is 1. The molecule has 0 fully saturated rings. The topological polar surface area (TPSA) is 78.2 Å². The lowest BCUT2D eigenvalue weighted by atomic mass is 9.97. The minimum Gasteiger partial charge on any atom is -0.251 e. The van der Waals surface area contributed by atoms with Gasteiger partial charge in [0, 0.05) is 17.3 Å². The molecule has 0 atom stereocenters. The van der Waals surface area contributed by atoms with Gasteiger partial charge in [0.25, 0.3) is 0 Å². The minimum atomic E-state index is -4.48. The van der Waals surface area contributed by atoms with Crippen molar-refractivity contribution in [2.24, 2.45) is 0 Å². The normalized spacial score (nSPS) is 11.3. The summed E-state index contributed by atoms with van der Waals surface area (Å²) < 4.78 is 38.1. The second-order valence-corrected chi connectivity index (χ2v) is 5.75. The fraction of sp³-hybridized carbons (Fsp3) is 0.222. The van der Waals surface area contributed by atoms with Crippen molar-refractivity contribution in [3.8, 4) is 28.5 Å². The molecule has 0 saturated carbocycles. The predicted molar refractivity (Wildman–Crippen MR) is 88.8 cm³/mol. The quantitative estimate of drug-likeness (QED) is 0.752. The third-order valence-electron chi connectivity index (χ3n) is 3.85. The van der Waals surface area contributed by atoms with Gasteiger partial charge in [-0.05, 0) is 35.7 Å². The standard InChI is InChI=1S/C18H14F3N5/c1-2-3-11-6-13(12-4-5-16(23-10-12)18(19,20)21)8-14(7-11)17-15(9-22)24-26-25-17/h4-8,10H,2-3H2,1H3,(H,24,25,26). The van der Waals surface area contributed by atoms with Crippen LogP contribution < -0.4 is 0 Å². The van der Waals surface area contributed by atoms with Gasteiger partial charge in [-0.1, -0.05) is 30.7 Å². The number of hydrogen-bond donors (Lipinski definition) is 1. The Morgan fingerprint density at radius 1 is 1.12 bits per heavy atom. The Balaban J connectivity index is 2.08. The maximum Gasteiger partial charge on any atom is 0.433 e. The number of nitrogens with zero attached hydrogens (tertiary/aromatic N) is 4. The molecule has 0 saturated heterocycles. The van der Waals surface area contributed by atoms with Crippen LogP contribution in [0.2, 0.25) is 0 Å². The zero-order valence-corrected chi connectivity index (χ0v) is 13.8. The van der Waals surface area contributed by atoms with Crippen LogP contribution in [0.25, 0.3) is 22.4 Å². The number of pyridine rings is 1. The Bertz CT molecular complexity index is 952. The van der Waals surface area contributed by atoms with Crippen LogP contribution in [0, 0.1) is 11.3 Å². The lowest BCUT2D eigenvalue weighted by Gasteiger charge is -2.10. The van der Waals surface area contributed by atoms with Crippen LogP contribution in [0.3, 0.4) is 0 Å². The summed E-state index contributed by atoms with van der Waals surface area (Å²) in [5, 5.41) is 19.3. The van der Waals surface area contributed by atoms with Gasteiger partial charge in [0.05, 0.1) is 0 Å². The lowest BCUT2D eigenvalue weighted by Crippen LogP contribution is -2.07. The van der Waals surface area contributed by atoms with Crippen LogP contribution in [0.4, 0.5) is 13.2 Å². The first kappa shape index (κ1) is 17.6. The zero-order chi connectivity index (χ0) is 18.7. The van der Waals surface area contributed by atoms with Crippen molar-refractivity contribution in [1.29, 1.82) is 5.26 Å². The fourth-order valence-corrected chi connectivity index (χ4v) is 2.67. The number of hydrogen-bond acceptors (Lipinski definition) is 4. The summed E-state index contributed by atoms with van der Waals surface area (Å²) in [5.41, 5.74) is 2.64. The van der Waals surface area contributed by atoms with Crippen LogP contribution in [0.15, 0.2) is 36.5 Å². The molecule has 0 aliphatic rings. The van der Waals surface area contributed by atoms with Crippen molar-refractivity contribution >= 4 is 0 Å². The molecule has 2 heterocycles. The van der Waals surface area contributed by atoms with Gasteiger partial charge in [0.15, 0.2) is 5.69 Å². The first-order chi connectivity index (χ1) is 12.4. The van der Waals surface area contributed by atoms with E-state index in [2.05, 4.69) is 20.4 Å². The molecule has 0 radical (unpaired) electrons. The van der Waals surface area contributed by atoms with Crippen LogP contribution in [-0.4, -0.2) is 20.4 Å². The van der Waals surface area contributed by atoms with Gasteiger partial charge in [0.1, 0.15) is 17.5 Å². The molecule has 0 aliphatic carbocycles. The number of nitriles is 1. The predicted octanol–water partition coefficient (Wildman–Crippen LogP) is 4.38. The third kappa shape index (κ3) is 3.57. The van der Waals surface area contributed by atoms with Crippen molar-refractivity contribution < 1.29 is 13.2 Å². The second-order valence-electron chi connectivity index (χ2n) is 5.75. The Morgan fingerprint density at radius 2 is 1.88 bits per heavy atom. The Hall–Kier alpha value is -3.21. The number of aryl methyl sites for hydroxylation is 1. The molecule has 5 nitrogen and oxygen atoms in total. The summed E-state index contributed by atoms with van der Waals surface area (Å²) >= 11 is 0. The van der Waals surface area contributed by atoms with Gasteiger partial charge in [0.2, 0.25) is 0 Å². The van der Waals surface area contributed by atoms with E-state index in [4.69, 9.17) is 5.26 Å². The number of aromatic nitrogens is 4. The first-order valence-corrected chi connectivity index (χ1v) is 7.91. The van der Waals surface area contributed by atoms with Crippen molar-refractivity contribution in [1.82, 2.24) is 20.4 Å². The smallest absolute Gasteiger partial charge is 0.251 e. The molecule has 0 aliphatic heterocycles. The first-order valence-electron chi connectivity index (χ1n) is 7.91. The molecule has 0 unspecified atom stereocenters. The Labute approximate surface area is 147 Å². The number of rotatable bonds is 4. The van der Waals surface area contributed by atoms with Gasteiger partial charge in [-0.3, -0.25) is 4.98 Å². The molecule has 1 aromatic carbocycles. The minimum absolute atomic E-state index is 0.232. The van der Waals surface area contributed by atoms with Crippen LogP contribution in [0.1, 0.15) is 30.3 Å². The molecule has 3 rings (SSSR count). The molecule has 8 heteroatoms. The van der Waals surface area contributed by atoms with E-state index in [1.54, 1.807) is 6.07 Å². The third-order valence-corrected chi connectivity index (χ3v) is 3.85. The molecular weight excluding hydrogens is 343 g/mol. The summed E-state index contributed by atoms with van der Waals surface area (Å²) in [7, 11) is 0. The van der Waals surface area contributed by atoms with E-state index in [9.17, 15) is 13.2 Å². The van der Waals surface area contributed by atoms with Crippen molar-refractivity contribution in [2.45, 2.75) is 25.9 Å².